The quantitative estimate of drug-likeness (QED) is 0.800. The van der Waals surface area contributed by atoms with E-state index >= 15 is 0 Å². The zero-order valence-electron chi connectivity index (χ0n) is 11.5. The van der Waals surface area contributed by atoms with E-state index in [9.17, 15) is 4.79 Å². The van der Waals surface area contributed by atoms with Gasteiger partial charge in [0, 0.05) is 19.2 Å². The van der Waals surface area contributed by atoms with Crippen molar-refractivity contribution in [2.45, 2.75) is 19.4 Å². The highest BCUT2D eigenvalue weighted by Crippen LogP contribution is 2.09. The van der Waals surface area contributed by atoms with Crippen molar-refractivity contribution >= 4 is 5.91 Å². The maximum atomic E-state index is 12.1. The predicted octanol–water partition coefficient (Wildman–Crippen LogP) is 1.19. The van der Waals surface area contributed by atoms with Gasteiger partial charge in [-0.1, -0.05) is 24.0 Å². The number of carbonyl (C=O) groups excluding carboxylic acids is 1. The summed E-state index contributed by atoms with van der Waals surface area (Å²) in [6.45, 7) is 3.96. The van der Waals surface area contributed by atoms with Crippen LogP contribution in [-0.4, -0.2) is 36.9 Å². The molecule has 0 spiro atoms. The number of amides is 1. The maximum absolute atomic E-state index is 12.1. The van der Waals surface area contributed by atoms with Gasteiger partial charge in [-0.05, 0) is 26.0 Å². The average Bonchev–Trinajstić information content (AvgIpc) is 2.43. The number of nitrogens with one attached hydrogen (secondary N) is 1. The third kappa shape index (κ3) is 4.74. The summed E-state index contributed by atoms with van der Waals surface area (Å²) in [6.07, 6.45) is 0. The van der Waals surface area contributed by atoms with Crippen LogP contribution >= 0.6 is 0 Å². The molecule has 102 valence electrons. The topological polar surface area (TPSA) is 58.6 Å². The van der Waals surface area contributed by atoms with E-state index < -0.39 is 5.60 Å². The van der Waals surface area contributed by atoms with Gasteiger partial charge in [0.25, 0.3) is 5.91 Å². The van der Waals surface area contributed by atoms with Crippen molar-refractivity contribution in [2.24, 2.45) is 0 Å². The number of aliphatic hydroxyl groups is 1. The maximum Gasteiger partial charge on any atom is 0.252 e. The Labute approximate surface area is 113 Å². The number of hydrogen-bond acceptors (Lipinski definition) is 3. The second-order valence-electron chi connectivity index (χ2n) is 4.65. The van der Waals surface area contributed by atoms with Gasteiger partial charge >= 0.3 is 0 Å². The molecule has 0 atom stereocenters. The molecule has 1 amide bonds. The van der Waals surface area contributed by atoms with E-state index in [1.165, 1.54) is 0 Å². The Morgan fingerprint density at radius 1 is 1.42 bits per heavy atom. The van der Waals surface area contributed by atoms with Crippen LogP contribution in [0.3, 0.4) is 0 Å². The Morgan fingerprint density at radius 2 is 2.11 bits per heavy atom. The summed E-state index contributed by atoms with van der Waals surface area (Å²) in [5.74, 6) is 5.11. The van der Waals surface area contributed by atoms with Gasteiger partial charge < -0.3 is 15.2 Å². The first-order chi connectivity index (χ1) is 9.00. The fraction of sp³-hybridized carbons (Fsp3) is 0.400. The molecule has 4 nitrogen and oxygen atoms in total. The monoisotopic (exact) mass is 261 g/mol. The highest BCUT2D eigenvalue weighted by atomic mass is 16.5. The molecule has 0 radical (unpaired) electrons. The van der Waals surface area contributed by atoms with Crippen molar-refractivity contribution in [1.29, 1.82) is 0 Å². The number of ether oxygens (including phenoxy) is 1. The van der Waals surface area contributed by atoms with Crippen molar-refractivity contribution in [3.8, 4) is 11.8 Å². The van der Waals surface area contributed by atoms with Crippen LogP contribution in [0.15, 0.2) is 24.3 Å². The number of carbonyl (C=O) groups is 1. The fourth-order valence-electron chi connectivity index (χ4n) is 1.39. The van der Waals surface area contributed by atoms with E-state index in [-0.39, 0.29) is 12.5 Å². The molecule has 1 aromatic rings. The van der Waals surface area contributed by atoms with Gasteiger partial charge in [-0.15, -0.1) is 0 Å². The minimum absolute atomic E-state index is 0.201. The third-order valence-corrected chi connectivity index (χ3v) is 2.70. The summed E-state index contributed by atoms with van der Waals surface area (Å²) in [5, 5.41) is 11.5. The van der Waals surface area contributed by atoms with E-state index in [0.717, 1.165) is 0 Å². The minimum Gasteiger partial charge on any atom is -0.384 e. The Kier molecular flexibility index (Phi) is 5.56. The summed E-state index contributed by atoms with van der Waals surface area (Å²) < 4.78 is 5.24. The molecular formula is C15H19NO3. The SMILES string of the molecule is COC(C)(C)CNC(=O)c1ccccc1C#CCO. The van der Waals surface area contributed by atoms with Gasteiger partial charge in [0.05, 0.1) is 11.2 Å². The molecule has 0 aliphatic heterocycles. The normalized spacial score (nSPS) is 10.5. The van der Waals surface area contributed by atoms with Crippen molar-refractivity contribution in [3.05, 3.63) is 35.4 Å². The van der Waals surface area contributed by atoms with Crippen molar-refractivity contribution in [2.75, 3.05) is 20.3 Å². The van der Waals surface area contributed by atoms with Crippen molar-refractivity contribution < 1.29 is 14.6 Å². The van der Waals surface area contributed by atoms with Gasteiger partial charge in [-0.2, -0.15) is 0 Å². The highest BCUT2D eigenvalue weighted by Gasteiger charge is 2.18. The molecule has 1 rings (SSSR count). The lowest BCUT2D eigenvalue weighted by Crippen LogP contribution is -2.39. The summed E-state index contributed by atoms with van der Waals surface area (Å²) in [7, 11) is 1.60. The molecule has 0 aromatic heterocycles. The third-order valence-electron chi connectivity index (χ3n) is 2.70. The number of methoxy groups -OCH3 is 1. The van der Waals surface area contributed by atoms with Gasteiger partial charge in [0.15, 0.2) is 0 Å². The van der Waals surface area contributed by atoms with E-state index in [1.807, 2.05) is 13.8 Å². The zero-order chi connectivity index (χ0) is 14.3. The summed E-state index contributed by atoms with van der Waals surface area (Å²) in [4.78, 5) is 12.1. The molecule has 19 heavy (non-hydrogen) atoms. The first-order valence-corrected chi connectivity index (χ1v) is 6.02. The van der Waals surface area contributed by atoms with E-state index in [4.69, 9.17) is 9.84 Å². The van der Waals surface area contributed by atoms with E-state index in [2.05, 4.69) is 17.2 Å². The lowest BCUT2D eigenvalue weighted by molar-refractivity contribution is 0.0228. The summed E-state index contributed by atoms with van der Waals surface area (Å²) in [5.41, 5.74) is 0.682. The van der Waals surface area contributed by atoms with E-state index in [1.54, 1.807) is 31.4 Å². The number of hydrogen-bond donors (Lipinski definition) is 2. The van der Waals surface area contributed by atoms with Crippen LogP contribution in [0, 0.1) is 11.8 Å². The van der Waals surface area contributed by atoms with Crippen LogP contribution in [0.4, 0.5) is 0 Å². The molecule has 0 saturated heterocycles. The van der Waals surface area contributed by atoms with Crippen LogP contribution in [0.2, 0.25) is 0 Å². The van der Waals surface area contributed by atoms with Gasteiger partial charge in [0.1, 0.15) is 6.61 Å². The van der Waals surface area contributed by atoms with Gasteiger partial charge in [-0.25, -0.2) is 0 Å². The lowest BCUT2D eigenvalue weighted by Gasteiger charge is -2.23. The molecule has 0 bridgehead atoms. The van der Waals surface area contributed by atoms with Crippen LogP contribution in [0.1, 0.15) is 29.8 Å². The van der Waals surface area contributed by atoms with Gasteiger partial charge in [-0.3, -0.25) is 4.79 Å². The number of benzene rings is 1. The molecule has 0 fully saturated rings. The average molecular weight is 261 g/mol. The zero-order valence-corrected chi connectivity index (χ0v) is 11.5. The van der Waals surface area contributed by atoms with Crippen LogP contribution in [0.25, 0.3) is 0 Å². The lowest BCUT2D eigenvalue weighted by atomic mass is 10.1. The van der Waals surface area contributed by atoms with Crippen molar-refractivity contribution in [1.82, 2.24) is 5.32 Å². The first kappa shape index (κ1) is 15.2. The Bertz CT molecular complexity index is 498. The molecular weight excluding hydrogens is 242 g/mol. The molecule has 4 heteroatoms. The number of aliphatic hydroxyl groups excluding tert-OH is 1. The Morgan fingerprint density at radius 3 is 2.74 bits per heavy atom. The van der Waals surface area contributed by atoms with Crippen LogP contribution < -0.4 is 5.32 Å². The smallest absolute Gasteiger partial charge is 0.252 e. The molecule has 0 aliphatic carbocycles. The summed E-state index contributed by atoms with van der Waals surface area (Å²) >= 11 is 0. The van der Waals surface area contributed by atoms with E-state index in [0.29, 0.717) is 17.7 Å². The molecule has 0 aliphatic rings. The molecule has 0 unspecified atom stereocenters. The van der Waals surface area contributed by atoms with Gasteiger partial charge in [0.2, 0.25) is 0 Å². The minimum atomic E-state index is -0.415. The first-order valence-electron chi connectivity index (χ1n) is 6.02. The van der Waals surface area contributed by atoms with Crippen LogP contribution in [0.5, 0.6) is 0 Å². The largest absolute Gasteiger partial charge is 0.384 e. The molecule has 0 saturated carbocycles. The summed E-state index contributed by atoms with van der Waals surface area (Å²) in [6, 6.07) is 7.04. The molecule has 2 N–H and O–H groups in total. The second kappa shape index (κ2) is 6.93. The Balaban J connectivity index is 2.83. The fourth-order valence-corrected chi connectivity index (χ4v) is 1.39. The molecule has 0 heterocycles. The number of rotatable bonds is 4. The van der Waals surface area contributed by atoms with Crippen molar-refractivity contribution in [3.63, 3.8) is 0 Å². The van der Waals surface area contributed by atoms with Crippen LogP contribution in [-0.2, 0) is 4.74 Å². The predicted molar refractivity (Wildman–Crippen MR) is 73.8 cm³/mol. The highest BCUT2D eigenvalue weighted by molar-refractivity contribution is 5.96. The molecule has 1 aromatic carbocycles. The Hall–Kier alpha value is -1.83. The second-order valence-corrected chi connectivity index (χ2v) is 4.65. The standard InChI is InChI=1S/C15H19NO3/c1-15(2,19-3)11-16-14(18)13-9-5-4-7-12(13)8-6-10-17/h4-5,7,9,17H,10-11H2,1-3H3,(H,16,18).